The van der Waals surface area contributed by atoms with Crippen LogP contribution in [0.15, 0.2) is 52.3 Å². The van der Waals surface area contributed by atoms with Gasteiger partial charge in [0.15, 0.2) is 0 Å². The van der Waals surface area contributed by atoms with Crippen LogP contribution in [0.1, 0.15) is 5.56 Å². The summed E-state index contributed by atoms with van der Waals surface area (Å²) in [5.41, 5.74) is -1.64. The molecule has 1 fully saturated rings. The van der Waals surface area contributed by atoms with Crippen molar-refractivity contribution in [2.24, 2.45) is 0 Å². The van der Waals surface area contributed by atoms with Gasteiger partial charge in [-0.3, -0.25) is 4.21 Å². The van der Waals surface area contributed by atoms with Crippen LogP contribution in [0, 0.1) is 11.3 Å². The number of aliphatic hydroxyl groups is 2. The van der Waals surface area contributed by atoms with Crippen LogP contribution in [-0.4, -0.2) is 70.7 Å². The Morgan fingerprint density at radius 1 is 1.29 bits per heavy atom. The fraction of sp³-hybridized carbons (Fsp3) is 0.300. The van der Waals surface area contributed by atoms with Crippen molar-refractivity contribution in [3.05, 3.63) is 53.1 Å². The molecule has 8 nitrogen and oxygen atoms in total. The lowest BCUT2D eigenvalue weighted by Crippen LogP contribution is -2.49. The molecular formula is C20H21ClN2O6S2. The van der Waals surface area contributed by atoms with Crippen LogP contribution < -0.4 is 4.74 Å². The number of aliphatic hydroxyl groups excluding tert-OH is 1. The molecule has 0 aliphatic carbocycles. The number of nitrogens with zero attached hydrogens (tertiary/aromatic N) is 2. The maximum atomic E-state index is 13.6. The fourth-order valence-corrected chi connectivity index (χ4v) is 7.67. The molecular weight excluding hydrogens is 464 g/mol. The summed E-state index contributed by atoms with van der Waals surface area (Å²) >= 11 is 5.92. The molecule has 3 rings (SSSR count). The molecule has 1 aliphatic heterocycles. The third-order valence-corrected chi connectivity index (χ3v) is 9.94. The minimum absolute atomic E-state index is 0.0194. The highest BCUT2D eigenvalue weighted by molar-refractivity contribution is 8.01. The minimum Gasteiger partial charge on any atom is -0.495 e. The van der Waals surface area contributed by atoms with E-state index in [-0.39, 0.29) is 27.1 Å². The highest BCUT2D eigenvalue weighted by Crippen LogP contribution is 2.37. The zero-order valence-electron chi connectivity index (χ0n) is 16.6. The number of hydrogen-bond donors (Lipinski definition) is 2. The quantitative estimate of drug-likeness (QED) is 0.587. The van der Waals surface area contributed by atoms with Crippen molar-refractivity contribution in [1.29, 1.82) is 5.26 Å². The standard InChI is InChI=1S/C20H21ClN2O6S2/c1-29-17-9-15(21)5-8-18(17)31(27,28)23-11-19(20(25,12-23)13-24)30(2,26)16-6-3-14(10-22)4-7-16/h3-9,19,24-25H,2,11-13H2,1H3/t19?,20-,30?/m1/s1. The van der Waals surface area contributed by atoms with Crippen LogP contribution in [0.5, 0.6) is 5.75 Å². The number of methoxy groups -OCH3 is 1. The van der Waals surface area contributed by atoms with Crippen LogP contribution >= 0.6 is 11.6 Å². The Kier molecular flexibility index (Phi) is 6.40. The Hall–Kier alpha value is -2.13. The van der Waals surface area contributed by atoms with Gasteiger partial charge in [-0.2, -0.15) is 9.57 Å². The summed E-state index contributed by atoms with van der Waals surface area (Å²) in [4.78, 5) is 0.0703. The summed E-state index contributed by atoms with van der Waals surface area (Å²) in [7, 11) is -6.14. The van der Waals surface area contributed by atoms with Gasteiger partial charge in [-0.05, 0) is 42.3 Å². The van der Waals surface area contributed by atoms with Crippen molar-refractivity contribution in [1.82, 2.24) is 4.31 Å². The normalized spacial score (nSPS) is 23.8. The van der Waals surface area contributed by atoms with Crippen molar-refractivity contribution < 1.29 is 27.6 Å². The summed E-state index contributed by atoms with van der Waals surface area (Å²) in [5.74, 6) is 3.79. The van der Waals surface area contributed by atoms with E-state index in [0.717, 1.165) is 4.31 Å². The first kappa shape index (κ1) is 23.5. The Morgan fingerprint density at radius 3 is 2.48 bits per heavy atom. The van der Waals surface area contributed by atoms with Gasteiger partial charge in [0.1, 0.15) is 16.2 Å². The van der Waals surface area contributed by atoms with Crippen LogP contribution in [-0.2, 0) is 19.5 Å². The van der Waals surface area contributed by atoms with Gasteiger partial charge in [0.05, 0.1) is 30.6 Å². The Morgan fingerprint density at radius 2 is 1.94 bits per heavy atom. The number of ether oxygens (including phenoxy) is 1. The van der Waals surface area contributed by atoms with Crippen molar-refractivity contribution >= 4 is 37.0 Å². The molecule has 0 amide bonds. The second kappa shape index (κ2) is 8.43. The summed E-state index contributed by atoms with van der Waals surface area (Å²) < 4.78 is 46.3. The summed E-state index contributed by atoms with van der Waals surface area (Å²) in [6.07, 6.45) is 0. The number of sulfonamides is 1. The van der Waals surface area contributed by atoms with E-state index >= 15 is 0 Å². The van der Waals surface area contributed by atoms with Gasteiger partial charge in [0, 0.05) is 38.6 Å². The van der Waals surface area contributed by atoms with Crippen molar-refractivity contribution in [3.63, 3.8) is 0 Å². The number of rotatable bonds is 6. The lowest BCUT2D eigenvalue weighted by molar-refractivity contribution is 0.00226. The Bertz CT molecular complexity index is 1240. The molecule has 31 heavy (non-hydrogen) atoms. The second-order valence-corrected chi connectivity index (χ2v) is 12.0. The van der Waals surface area contributed by atoms with Crippen LogP contribution in [0.4, 0.5) is 0 Å². The Labute approximate surface area is 186 Å². The second-order valence-electron chi connectivity index (χ2n) is 7.21. The van der Waals surface area contributed by atoms with Crippen molar-refractivity contribution in [2.45, 2.75) is 20.6 Å². The van der Waals surface area contributed by atoms with Gasteiger partial charge in [-0.1, -0.05) is 11.6 Å². The maximum absolute atomic E-state index is 13.6. The monoisotopic (exact) mass is 484 g/mol. The predicted octanol–water partition coefficient (Wildman–Crippen LogP) is 1.09. The highest BCUT2D eigenvalue weighted by Gasteiger charge is 2.53. The lowest BCUT2D eigenvalue weighted by atomic mass is 10.1. The first-order chi connectivity index (χ1) is 14.5. The van der Waals surface area contributed by atoms with E-state index in [2.05, 4.69) is 5.87 Å². The van der Waals surface area contributed by atoms with Crippen LogP contribution in [0.25, 0.3) is 0 Å². The third kappa shape index (κ3) is 4.17. The number of hydrogen-bond acceptors (Lipinski definition) is 7. The highest BCUT2D eigenvalue weighted by atomic mass is 35.5. The summed E-state index contributed by atoms with van der Waals surface area (Å²) in [6.45, 7) is -1.64. The van der Waals surface area contributed by atoms with E-state index < -0.39 is 43.5 Å². The van der Waals surface area contributed by atoms with Gasteiger partial charge < -0.3 is 14.9 Å². The summed E-state index contributed by atoms with van der Waals surface area (Å²) in [5, 5.41) is 28.9. The van der Waals surface area contributed by atoms with Crippen molar-refractivity contribution in [3.8, 4) is 11.8 Å². The molecule has 2 unspecified atom stereocenters. The van der Waals surface area contributed by atoms with E-state index in [1.165, 1.54) is 49.6 Å². The van der Waals surface area contributed by atoms with Crippen LogP contribution in [0.2, 0.25) is 5.02 Å². The fourth-order valence-electron chi connectivity index (χ4n) is 3.55. The molecule has 0 saturated carbocycles. The van der Waals surface area contributed by atoms with E-state index in [1.54, 1.807) is 0 Å². The topological polar surface area (TPSA) is 128 Å². The SMILES string of the molecule is C=S(=O)(c1ccc(C#N)cc1)C1CN(S(=O)(=O)c2ccc(Cl)cc2OC)C[C@@]1(O)CO. The smallest absolute Gasteiger partial charge is 0.246 e. The molecule has 0 radical (unpaired) electrons. The average Bonchev–Trinajstić information content (AvgIpc) is 3.13. The molecule has 1 saturated heterocycles. The molecule has 2 aromatic rings. The molecule has 2 aromatic carbocycles. The number of nitriles is 1. The zero-order valence-corrected chi connectivity index (χ0v) is 19.0. The largest absolute Gasteiger partial charge is 0.495 e. The first-order valence-electron chi connectivity index (χ1n) is 9.03. The molecule has 0 aromatic heterocycles. The molecule has 0 bridgehead atoms. The third-order valence-electron chi connectivity index (χ3n) is 5.28. The Balaban J connectivity index is 2.03. The van der Waals surface area contributed by atoms with E-state index in [0.29, 0.717) is 5.56 Å². The molecule has 2 N–H and O–H groups in total. The van der Waals surface area contributed by atoms with Gasteiger partial charge in [-0.15, -0.1) is 0 Å². The van der Waals surface area contributed by atoms with E-state index in [4.69, 9.17) is 21.6 Å². The van der Waals surface area contributed by atoms with E-state index in [1.807, 2.05) is 6.07 Å². The van der Waals surface area contributed by atoms with Gasteiger partial charge in [0.2, 0.25) is 10.0 Å². The molecule has 11 heteroatoms. The number of benzene rings is 2. The first-order valence-corrected chi connectivity index (χ1v) is 12.6. The lowest BCUT2D eigenvalue weighted by Gasteiger charge is -2.29. The number of halogens is 1. The number of β-amino-alcohol motifs (C(OH)–C–C–N with tert-alkyl or cyclic N) is 1. The van der Waals surface area contributed by atoms with Crippen LogP contribution in [0.3, 0.4) is 0 Å². The molecule has 1 heterocycles. The minimum atomic E-state index is -4.18. The van der Waals surface area contributed by atoms with Gasteiger partial charge in [0.25, 0.3) is 0 Å². The summed E-state index contributed by atoms with van der Waals surface area (Å²) in [6, 6.07) is 11.8. The molecule has 166 valence electrons. The average molecular weight is 485 g/mol. The predicted molar refractivity (Wildman–Crippen MR) is 117 cm³/mol. The molecule has 0 spiro atoms. The van der Waals surface area contributed by atoms with Gasteiger partial charge >= 0.3 is 0 Å². The zero-order chi connectivity index (χ0) is 23.0. The molecule has 1 aliphatic rings. The van der Waals surface area contributed by atoms with Gasteiger partial charge in [-0.25, -0.2) is 8.42 Å². The molecule has 3 atom stereocenters. The van der Waals surface area contributed by atoms with Crippen molar-refractivity contribution in [2.75, 3.05) is 26.8 Å². The maximum Gasteiger partial charge on any atom is 0.246 e. The van der Waals surface area contributed by atoms with E-state index in [9.17, 15) is 22.8 Å².